The topological polar surface area (TPSA) is 91.8 Å². The number of carbonyl (C=O) groups excluding carboxylic acids is 1. The number of amides is 1. The lowest BCUT2D eigenvalue weighted by atomic mass is 10.0. The molecule has 0 fully saturated rings. The van der Waals surface area contributed by atoms with E-state index in [1.807, 2.05) is 13.8 Å². The fourth-order valence-corrected chi connectivity index (χ4v) is 2.72. The first-order chi connectivity index (χ1) is 11.0. The van der Waals surface area contributed by atoms with Gasteiger partial charge in [0.05, 0.1) is 11.8 Å². The van der Waals surface area contributed by atoms with Crippen LogP contribution in [0.2, 0.25) is 0 Å². The van der Waals surface area contributed by atoms with E-state index < -0.39 is 0 Å². The SMILES string of the molecule is CCCNCCNC(=O)Cc1c(C)nc2c(c1C)c(=O)[nH]n2C. The van der Waals surface area contributed by atoms with Crippen molar-refractivity contribution in [2.45, 2.75) is 33.6 Å². The quantitative estimate of drug-likeness (QED) is 0.650. The number of fused-ring (bicyclic) bond motifs is 1. The molecule has 0 saturated heterocycles. The van der Waals surface area contributed by atoms with Gasteiger partial charge in [-0.2, -0.15) is 0 Å². The summed E-state index contributed by atoms with van der Waals surface area (Å²) in [6.07, 6.45) is 1.31. The van der Waals surface area contributed by atoms with Crippen LogP contribution in [0.3, 0.4) is 0 Å². The lowest BCUT2D eigenvalue weighted by molar-refractivity contribution is -0.120. The minimum atomic E-state index is -0.169. The van der Waals surface area contributed by atoms with E-state index in [4.69, 9.17) is 0 Å². The van der Waals surface area contributed by atoms with Crippen LogP contribution in [0.25, 0.3) is 11.0 Å². The summed E-state index contributed by atoms with van der Waals surface area (Å²) in [5, 5.41) is 9.40. The van der Waals surface area contributed by atoms with Gasteiger partial charge in [-0.05, 0) is 37.9 Å². The first kappa shape index (κ1) is 17.2. The number of carbonyl (C=O) groups is 1. The van der Waals surface area contributed by atoms with E-state index in [2.05, 4.69) is 27.6 Å². The Bertz CT molecular complexity index is 760. The number of nitrogens with zero attached hydrogens (tertiary/aromatic N) is 2. The molecule has 2 aromatic rings. The highest BCUT2D eigenvalue weighted by molar-refractivity contribution is 5.84. The average Bonchev–Trinajstić information content (AvgIpc) is 2.77. The molecule has 23 heavy (non-hydrogen) atoms. The predicted molar refractivity (Wildman–Crippen MR) is 90.7 cm³/mol. The van der Waals surface area contributed by atoms with Crippen molar-refractivity contribution in [1.29, 1.82) is 0 Å². The van der Waals surface area contributed by atoms with E-state index in [0.29, 0.717) is 17.6 Å². The number of aryl methyl sites for hydroxylation is 3. The van der Waals surface area contributed by atoms with E-state index in [0.717, 1.165) is 36.3 Å². The summed E-state index contributed by atoms with van der Waals surface area (Å²) in [5.41, 5.74) is 2.89. The molecular weight excluding hydrogens is 294 g/mol. The number of aromatic nitrogens is 3. The number of hydrogen-bond donors (Lipinski definition) is 3. The number of rotatable bonds is 7. The molecule has 0 atom stereocenters. The monoisotopic (exact) mass is 319 g/mol. The second kappa shape index (κ2) is 7.41. The van der Waals surface area contributed by atoms with E-state index in [1.165, 1.54) is 0 Å². The van der Waals surface area contributed by atoms with Crippen molar-refractivity contribution in [3.63, 3.8) is 0 Å². The van der Waals surface area contributed by atoms with Gasteiger partial charge in [-0.3, -0.25) is 19.4 Å². The minimum absolute atomic E-state index is 0.0528. The van der Waals surface area contributed by atoms with Gasteiger partial charge >= 0.3 is 0 Å². The third-order valence-electron chi connectivity index (χ3n) is 3.96. The van der Waals surface area contributed by atoms with E-state index in [1.54, 1.807) is 11.7 Å². The van der Waals surface area contributed by atoms with Crippen molar-refractivity contribution in [1.82, 2.24) is 25.4 Å². The molecule has 7 heteroatoms. The lowest BCUT2D eigenvalue weighted by Crippen LogP contribution is -2.33. The predicted octanol–water partition coefficient (Wildman–Crippen LogP) is 0.537. The minimum Gasteiger partial charge on any atom is -0.355 e. The van der Waals surface area contributed by atoms with Crippen LogP contribution in [0.15, 0.2) is 4.79 Å². The molecule has 0 aliphatic rings. The molecule has 0 unspecified atom stereocenters. The molecule has 1 amide bonds. The summed E-state index contributed by atoms with van der Waals surface area (Å²) in [6.45, 7) is 8.15. The van der Waals surface area contributed by atoms with Crippen molar-refractivity contribution in [2.75, 3.05) is 19.6 Å². The maximum Gasteiger partial charge on any atom is 0.273 e. The molecule has 0 bridgehead atoms. The van der Waals surface area contributed by atoms with Gasteiger partial charge in [0.2, 0.25) is 5.91 Å². The summed E-state index contributed by atoms with van der Waals surface area (Å²) in [7, 11) is 1.76. The summed E-state index contributed by atoms with van der Waals surface area (Å²) in [6, 6.07) is 0. The molecule has 2 heterocycles. The van der Waals surface area contributed by atoms with Gasteiger partial charge < -0.3 is 10.6 Å². The van der Waals surface area contributed by atoms with Gasteiger partial charge in [0.15, 0.2) is 5.65 Å². The number of hydrogen-bond acceptors (Lipinski definition) is 4. The molecule has 2 aromatic heterocycles. The van der Waals surface area contributed by atoms with Crippen molar-refractivity contribution in [2.24, 2.45) is 7.05 Å². The molecule has 0 aliphatic carbocycles. The third-order valence-corrected chi connectivity index (χ3v) is 3.96. The normalized spacial score (nSPS) is 11.1. The lowest BCUT2D eigenvalue weighted by Gasteiger charge is -2.11. The van der Waals surface area contributed by atoms with Crippen LogP contribution < -0.4 is 16.2 Å². The standard InChI is InChI=1S/C16H25N5O2/c1-5-6-17-7-8-18-13(22)9-12-10(2)14-15(19-11(12)3)21(4)20-16(14)23/h17H,5-9H2,1-4H3,(H,18,22)(H,20,23). The maximum atomic E-state index is 12.1. The van der Waals surface area contributed by atoms with E-state index in [-0.39, 0.29) is 17.9 Å². The summed E-state index contributed by atoms with van der Waals surface area (Å²) < 4.78 is 1.61. The van der Waals surface area contributed by atoms with Gasteiger partial charge in [-0.15, -0.1) is 0 Å². The number of aromatic amines is 1. The van der Waals surface area contributed by atoms with E-state index >= 15 is 0 Å². The van der Waals surface area contributed by atoms with E-state index in [9.17, 15) is 9.59 Å². The smallest absolute Gasteiger partial charge is 0.273 e. The van der Waals surface area contributed by atoms with Gasteiger partial charge in [-0.25, -0.2) is 4.98 Å². The second-order valence-electron chi connectivity index (χ2n) is 5.78. The van der Waals surface area contributed by atoms with Crippen LogP contribution in [0.5, 0.6) is 0 Å². The fraction of sp³-hybridized carbons (Fsp3) is 0.562. The molecule has 7 nitrogen and oxygen atoms in total. The van der Waals surface area contributed by atoms with Crippen molar-refractivity contribution >= 4 is 16.9 Å². The first-order valence-electron chi connectivity index (χ1n) is 7.97. The van der Waals surface area contributed by atoms with Crippen LogP contribution in [-0.2, 0) is 18.3 Å². The molecule has 0 aliphatic heterocycles. The number of nitrogens with one attached hydrogen (secondary N) is 3. The zero-order chi connectivity index (χ0) is 17.0. The largest absolute Gasteiger partial charge is 0.355 e. The van der Waals surface area contributed by atoms with Crippen molar-refractivity contribution < 1.29 is 4.79 Å². The van der Waals surface area contributed by atoms with Crippen LogP contribution in [0.1, 0.15) is 30.2 Å². The summed E-state index contributed by atoms with van der Waals surface area (Å²) in [4.78, 5) is 28.6. The highest BCUT2D eigenvalue weighted by Crippen LogP contribution is 2.20. The van der Waals surface area contributed by atoms with Crippen LogP contribution in [0.4, 0.5) is 0 Å². The summed E-state index contributed by atoms with van der Waals surface area (Å²) >= 11 is 0. The zero-order valence-electron chi connectivity index (χ0n) is 14.2. The Labute approximate surface area is 135 Å². The highest BCUT2D eigenvalue weighted by atomic mass is 16.1. The van der Waals surface area contributed by atoms with Crippen molar-refractivity contribution in [3.8, 4) is 0 Å². The Morgan fingerprint density at radius 1 is 1.26 bits per heavy atom. The van der Waals surface area contributed by atoms with Crippen LogP contribution in [0, 0.1) is 13.8 Å². The van der Waals surface area contributed by atoms with Gasteiger partial charge in [0.1, 0.15) is 0 Å². The summed E-state index contributed by atoms with van der Waals surface area (Å²) in [5.74, 6) is -0.0528. The van der Waals surface area contributed by atoms with Gasteiger partial charge in [0, 0.05) is 25.8 Å². The second-order valence-corrected chi connectivity index (χ2v) is 5.78. The average molecular weight is 319 g/mol. The third kappa shape index (κ3) is 3.79. The van der Waals surface area contributed by atoms with Crippen LogP contribution >= 0.6 is 0 Å². The molecule has 0 spiro atoms. The van der Waals surface area contributed by atoms with Gasteiger partial charge in [0.25, 0.3) is 5.56 Å². The molecule has 0 aromatic carbocycles. The Hall–Kier alpha value is -2.15. The molecular formula is C16H25N5O2. The fourth-order valence-electron chi connectivity index (χ4n) is 2.72. The number of H-pyrrole nitrogens is 1. The Morgan fingerprint density at radius 2 is 2.00 bits per heavy atom. The number of pyridine rings is 1. The maximum absolute atomic E-state index is 12.1. The Balaban J connectivity index is 2.12. The first-order valence-corrected chi connectivity index (χ1v) is 7.97. The molecule has 2 rings (SSSR count). The highest BCUT2D eigenvalue weighted by Gasteiger charge is 2.17. The zero-order valence-corrected chi connectivity index (χ0v) is 14.2. The molecule has 0 saturated carbocycles. The Kier molecular flexibility index (Phi) is 5.54. The Morgan fingerprint density at radius 3 is 2.70 bits per heavy atom. The van der Waals surface area contributed by atoms with Crippen LogP contribution in [-0.4, -0.2) is 40.3 Å². The molecule has 126 valence electrons. The van der Waals surface area contributed by atoms with Crippen molar-refractivity contribution in [3.05, 3.63) is 27.2 Å². The molecule has 3 N–H and O–H groups in total. The molecule has 0 radical (unpaired) electrons. The van der Waals surface area contributed by atoms with Gasteiger partial charge in [-0.1, -0.05) is 6.92 Å².